The Morgan fingerprint density at radius 1 is 0.327 bits per heavy atom. The molecule has 55 heavy (non-hydrogen) atoms. The van der Waals surface area contributed by atoms with E-state index >= 15 is 0 Å². The Hall–Kier alpha value is -7.36. The zero-order valence-corrected chi connectivity index (χ0v) is 29.9. The summed E-state index contributed by atoms with van der Waals surface area (Å²) < 4.78 is 11.2. The lowest BCUT2D eigenvalue weighted by molar-refractivity contribution is 0.482. The molecule has 0 atom stereocenters. The molecule has 2 aromatic heterocycles. The van der Waals surface area contributed by atoms with Crippen LogP contribution in [-0.4, -0.2) is 9.13 Å². The highest BCUT2D eigenvalue weighted by Crippen LogP contribution is 2.48. The number of nitrogens with zero attached hydrogens (tertiary/aromatic N) is 2. The molecule has 0 saturated carbocycles. The largest absolute Gasteiger partial charge is 0.457 e. The molecule has 0 fully saturated rings. The van der Waals surface area contributed by atoms with Crippen molar-refractivity contribution in [3.8, 4) is 45.1 Å². The molecule has 258 valence electrons. The van der Waals surface area contributed by atoms with E-state index in [1.807, 2.05) is 30.3 Å². The number of para-hydroxylation sites is 3. The summed E-state index contributed by atoms with van der Waals surface area (Å²) in [7, 11) is 0. The number of benzene rings is 9. The molecule has 9 aromatic carbocycles. The van der Waals surface area contributed by atoms with Gasteiger partial charge < -0.3 is 13.9 Å². The van der Waals surface area contributed by atoms with Gasteiger partial charge in [-0.1, -0.05) is 146 Å². The quantitative estimate of drug-likeness (QED) is 0.169. The van der Waals surface area contributed by atoms with Crippen LogP contribution in [0, 0.1) is 0 Å². The van der Waals surface area contributed by atoms with E-state index in [1.165, 1.54) is 76.6 Å². The van der Waals surface area contributed by atoms with Crippen LogP contribution in [0.15, 0.2) is 206 Å². The zero-order chi connectivity index (χ0) is 36.3. The average molecular weight is 703 g/mol. The molecule has 3 heteroatoms. The van der Waals surface area contributed by atoms with E-state index in [2.05, 4.69) is 185 Å². The van der Waals surface area contributed by atoms with Crippen molar-refractivity contribution in [1.29, 1.82) is 0 Å². The lowest BCUT2D eigenvalue weighted by atomic mass is 9.96. The van der Waals surface area contributed by atoms with E-state index < -0.39 is 0 Å². The molecule has 11 aromatic rings. The molecular formula is C52H34N2O. The van der Waals surface area contributed by atoms with Crippen molar-refractivity contribution in [2.45, 2.75) is 0 Å². The van der Waals surface area contributed by atoms with Crippen molar-refractivity contribution < 1.29 is 4.74 Å². The third-order valence-corrected chi connectivity index (χ3v) is 10.9. The van der Waals surface area contributed by atoms with E-state index in [1.54, 1.807) is 0 Å². The summed E-state index contributed by atoms with van der Waals surface area (Å²) in [5.74, 6) is 1.62. The predicted octanol–water partition coefficient (Wildman–Crippen LogP) is 14.2. The number of ether oxygens (including phenoxy) is 1. The molecule has 2 heterocycles. The van der Waals surface area contributed by atoms with E-state index in [-0.39, 0.29) is 0 Å². The second-order valence-electron chi connectivity index (χ2n) is 14.1. The van der Waals surface area contributed by atoms with Crippen LogP contribution in [-0.2, 0) is 0 Å². The minimum absolute atomic E-state index is 0.801. The first-order chi connectivity index (χ1) is 27.3. The van der Waals surface area contributed by atoms with Crippen LogP contribution in [0.1, 0.15) is 0 Å². The first-order valence-corrected chi connectivity index (χ1v) is 18.8. The summed E-state index contributed by atoms with van der Waals surface area (Å²) in [5, 5.41) is 7.39. The van der Waals surface area contributed by atoms with Crippen molar-refractivity contribution in [2.24, 2.45) is 0 Å². The van der Waals surface area contributed by atoms with Crippen LogP contribution >= 0.6 is 0 Å². The summed E-state index contributed by atoms with van der Waals surface area (Å²) in [5.41, 5.74) is 11.7. The SMILES string of the molecule is c1ccc(Oc2ccc(-n3c4ccccc4c4c5ccccc5c5c(c6ccccc6n5-c5ccc(-c6ccccc6)cc5-c5ccccc5)c43)cc2)cc1. The van der Waals surface area contributed by atoms with Crippen molar-refractivity contribution in [1.82, 2.24) is 9.13 Å². The topological polar surface area (TPSA) is 19.1 Å². The maximum absolute atomic E-state index is 6.24. The van der Waals surface area contributed by atoms with Gasteiger partial charge in [0, 0.05) is 38.2 Å². The van der Waals surface area contributed by atoms with Gasteiger partial charge in [-0.15, -0.1) is 0 Å². The predicted molar refractivity (Wildman–Crippen MR) is 230 cm³/mol. The van der Waals surface area contributed by atoms with Crippen LogP contribution < -0.4 is 4.74 Å². The molecule has 0 unspecified atom stereocenters. The molecule has 0 aliphatic carbocycles. The maximum atomic E-state index is 6.24. The maximum Gasteiger partial charge on any atom is 0.127 e. The fourth-order valence-corrected chi connectivity index (χ4v) is 8.59. The molecule has 0 N–H and O–H groups in total. The van der Waals surface area contributed by atoms with Gasteiger partial charge in [0.05, 0.1) is 27.8 Å². The van der Waals surface area contributed by atoms with Crippen LogP contribution in [0.4, 0.5) is 0 Å². The number of fused-ring (bicyclic) bond motifs is 10. The Morgan fingerprint density at radius 3 is 1.55 bits per heavy atom. The van der Waals surface area contributed by atoms with Gasteiger partial charge in [-0.3, -0.25) is 0 Å². The smallest absolute Gasteiger partial charge is 0.127 e. The lowest BCUT2D eigenvalue weighted by Crippen LogP contribution is -1.99. The Morgan fingerprint density at radius 2 is 0.855 bits per heavy atom. The van der Waals surface area contributed by atoms with Crippen LogP contribution in [0.2, 0.25) is 0 Å². The number of rotatable bonds is 6. The Labute approximate surface area is 318 Å². The molecule has 0 aliphatic heterocycles. The highest BCUT2D eigenvalue weighted by Gasteiger charge is 2.25. The molecule has 0 aliphatic rings. The lowest BCUT2D eigenvalue weighted by Gasteiger charge is -2.17. The molecule has 0 spiro atoms. The van der Waals surface area contributed by atoms with Crippen LogP contribution in [0.5, 0.6) is 11.5 Å². The average Bonchev–Trinajstić information content (AvgIpc) is 3.79. The monoisotopic (exact) mass is 702 g/mol. The molecule has 0 bridgehead atoms. The third-order valence-electron chi connectivity index (χ3n) is 10.9. The highest BCUT2D eigenvalue weighted by molar-refractivity contribution is 6.36. The summed E-state index contributed by atoms with van der Waals surface area (Å²) in [6.07, 6.45) is 0. The molecule has 0 saturated heterocycles. The van der Waals surface area contributed by atoms with Gasteiger partial charge in [0.25, 0.3) is 0 Å². The van der Waals surface area contributed by atoms with Crippen molar-refractivity contribution in [3.05, 3.63) is 206 Å². The minimum atomic E-state index is 0.801. The molecule has 0 amide bonds. The van der Waals surface area contributed by atoms with Gasteiger partial charge in [-0.05, 0) is 82.7 Å². The van der Waals surface area contributed by atoms with Gasteiger partial charge in [0.15, 0.2) is 0 Å². The number of hydrogen-bond donors (Lipinski definition) is 0. The zero-order valence-electron chi connectivity index (χ0n) is 29.9. The first-order valence-electron chi connectivity index (χ1n) is 18.8. The van der Waals surface area contributed by atoms with Gasteiger partial charge in [-0.2, -0.15) is 0 Å². The van der Waals surface area contributed by atoms with E-state index in [0.717, 1.165) is 22.9 Å². The highest BCUT2D eigenvalue weighted by atomic mass is 16.5. The van der Waals surface area contributed by atoms with Gasteiger partial charge in [0.1, 0.15) is 11.5 Å². The third kappa shape index (κ3) is 4.98. The second-order valence-corrected chi connectivity index (χ2v) is 14.1. The minimum Gasteiger partial charge on any atom is -0.457 e. The standard InChI is InChI=1S/C52H34N2O/c1-4-16-35(17-5-1)37-28-33-48(45(34-37)36-18-6-2-7-19-36)54-47-27-15-13-25-44(47)50-51(54)42-23-11-10-22-41(42)49-43-24-12-14-26-46(43)53(52(49)50)38-29-31-40(32-30-38)55-39-20-8-3-9-21-39/h1-34H. The number of hydrogen-bond acceptors (Lipinski definition) is 1. The van der Waals surface area contributed by atoms with E-state index in [9.17, 15) is 0 Å². The van der Waals surface area contributed by atoms with Crippen molar-refractivity contribution >= 4 is 54.4 Å². The van der Waals surface area contributed by atoms with Crippen LogP contribution in [0.25, 0.3) is 88.0 Å². The summed E-state index contributed by atoms with van der Waals surface area (Å²) >= 11 is 0. The van der Waals surface area contributed by atoms with Crippen molar-refractivity contribution in [2.75, 3.05) is 0 Å². The summed E-state index contributed by atoms with van der Waals surface area (Å²) in [6.45, 7) is 0. The van der Waals surface area contributed by atoms with Crippen molar-refractivity contribution in [3.63, 3.8) is 0 Å². The van der Waals surface area contributed by atoms with Gasteiger partial charge in [0.2, 0.25) is 0 Å². The fraction of sp³-hybridized carbons (Fsp3) is 0. The van der Waals surface area contributed by atoms with Gasteiger partial charge in [-0.25, -0.2) is 0 Å². The second kappa shape index (κ2) is 12.6. The summed E-state index contributed by atoms with van der Waals surface area (Å²) in [6, 6.07) is 73.6. The normalized spacial score (nSPS) is 11.6. The Kier molecular flexibility index (Phi) is 7.17. The molecule has 3 nitrogen and oxygen atoms in total. The molecular weight excluding hydrogens is 669 g/mol. The fourth-order valence-electron chi connectivity index (χ4n) is 8.59. The Bertz CT molecular complexity index is 3200. The Balaban J connectivity index is 1.27. The van der Waals surface area contributed by atoms with Gasteiger partial charge >= 0.3 is 0 Å². The van der Waals surface area contributed by atoms with E-state index in [0.29, 0.717) is 0 Å². The number of aromatic nitrogens is 2. The summed E-state index contributed by atoms with van der Waals surface area (Å²) in [4.78, 5) is 0. The first kappa shape index (κ1) is 31.2. The van der Waals surface area contributed by atoms with Crippen LogP contribution in [0.3, 0.4) is 0 Å². The molecule has 11 rings (SSSR count). The van der Waals surface area contributed by atoms with E-state index in [4.69, 9.17) is 4.74 Å². The molecule has 0 radical (unpaired) electrons.